The fourth-order valence-corrected chi connectivity index (χ4v) is 2.42. The minimum absolute atomic E-state index is 0.144. The van der Waals surface area contributed by atoms with E-state index in [1.165, 1.54) is 0 Å². The Balaban J connectivity index is 1.74. The second-order valence-corrected chi connectivity index (χ2v) is 5.31. The predicted octanol–water partition coefficient (Wildman–Crippen LogP) is 2.37. The van der Waals surface area contributed by atoms with Crippen LogP contribution in [0.2, 0.25) is 0 Å². The van der Waals surface area contributed by atoms with E-state index in [4.69, 9.17) is 4.74 Å². The summed E-state index contributed by atoms with van der Waals surface area (Å²) in [5.41, 5.74) is 2.39. The summed E-state index contributed by atoms with van der Waals surface area (Å²) in [6.45, 7) is 2.42. The van der Waals surface area contributed by atoms with Crippen molar-refractivity contribution in [2.24, 2.45) is 0 Å². The molecule has 0 fully saturated rings. The van der Waals surface area contributed by atoms with Crippen LogP contribution in [0, 0.1) is 0 Å². The van der Waals surface area contributed by atoms with Crippen molar-refractivity contribution in [1.82, 2.24) is 19.9 Å². The number of ether oxygens (including phenoxy) is 1. The van der Waals surface area contributed by atoms with Gasteiger partial charge in [0.25, 0.3) is 5.91 Å². The molecular formula is C17H18N4O2. The molecule has 0 aliphatic heterocycles. The van der Waals surface area contributed by atoms with Gasteiger partial charge in [-0.1, -0.05) is 18.2 Å². The predicted molar refractivity (Wildman–Crippen MR) is 86.0 cm³/mol. The van der Waals surface area contributed by atoms with Gasteiger partial charge in [-0.3, -0.25) is 9.20 Å². The van der Waals surface area contributed by atoms with Gasteiger partial charge in [0.1, 0.15) is 0 Å². The van der Waals surface area contributed by atoms with Crippen molar-refractivity contribution in [1.29, 1.82) is 0 Å². The van der Waals surface area contributed by atoms with Gasteiger partial charge < -0.3 is 10.1 Å². The molecule has 0 saturated carbocycles. The molecule has 1 amide bonds. The lowest BCUT2D eigenvalue weighted by molar-refractivity contribution is 0.0938. The zero-order valence-corrected chi connectivity index (χ0v) is 13.1. The maximum atomic E-state index is 12.4. The van der Waals surface area contributed by atoms with E-state index in [0.29, 0.717) is 18.0 Å². The highest BCUT2D eigenvalue weighted by atomic mass is 16.5. The largest absolute Gasteiger partial charge is 0.380 e. The number of nitrogens with zero attached hydrogens (tertiary/aromatic N) is 3. The number of rotatable bonds is 5. The third kappa shape index (κ3) is 3.22. The van der Waals surface area contributed by atoms with Gasteiger partial charge in [-0.2, -0.15) is 0 Å². The molecule has 6 heteroatoms. The van der Waals surface area contributed by atoms with Crippen LogP contribution in [0.25, 0.3) is 5.65 Å². The second kappa shape index (κ2) is 6.58. The maximum absolute atomic E-state index is 12.4. The number of fused-ring (bicyclic) bond motifs is 1. The van der Waals surface area contributed by atoms with E-state index in [1.807, 2.05) is 47.9 Å². The van der Waals surface area contributed by atoms with E-state index in [9.17, 15) is 4.79 Å². The van der Waals surface area contributed by atoms with Crippen molar-refractivity contribution in [2.45, 2.75) is 19.6 Å². The molecule has 0 bridgehead atoms. The van der Waals surface area contributed by atoms with Crippen LogP contribution in [0.5, 0.6) is 0 Å². The topological polar surface area (TPSA) is 68.5 Å². The third-order valence-corrected chi connectivity index (χ3v) is 3.60. The molecule has 0 aliphatic carbocycles. The maximum Gasteiger partial charge on any atom is 0.251 e. The number of methoxy groups -OCH3 is 1. The average molecular weight is 310 g/mol. The number of carbonyl (C=O) groups excluding carboxylic acids is 1. The van der Waals surface area contributed by atoms with Crippen LogP contribution in [0.15, 0.2) is 48.7 Å². The zero-order valence-electron chi connectivity index (χ0n) is 13.1. The molecule has 3 aromatic rings. The van der Waals surface area contributed by atoms with Gasteiger partial charge in [0.2, 0.25) is 0 Å². The minimum atomic E-state index is -0.251. The number of carbonyl (C=O) groups is 1. The van der Waals surface area contributed by atoms with Crippen LogP contribution in [0.4, 0.5) is 0 Å². The summed E-state index contributed by atoms with van der Waals surface area (Å²) in [6.07, 6.45) is 1.88. The van der Waals surface area contributed by atoms with Gasteiger partial charge in [0.15, 0.2) is 11.5 Å². The minimum Gasteiger partial charge on any atom is -0.380 e. The molecule has 3 rings (SSSR count). The zero-order chi connectivity index (χ0) is 16.2. The highest BCUT2D eigenvalue weighted by molar-refractivity contribution is 5.94. The molecule has 1 atom stereocenters. The lowest BCUT2D eigenvalue weighted by Gasteiger charge is -2.12. The Labute approximate surface area is 134 Å². The summed E-state index contributed by atoms with van der Waals surface area (Å²) in [5, 5.41) is 11.2. The summed E-state index contributed by atoms with van der Waals surface area (Å²) in [6, 6.07) is 12.8. The van der Waals surface area contributed by atoms with Crippen LogP contribution in [0.3, 0.4) is 0 Å². The van der Waals surface area contributed by atoms with E-state index in [0.717, 1.165) is 11.2 Å². The van der Waals surface area contributed by atoms with Gasteiger partial charge in [0, 0.05) is 18.9 Å². The van der Waals surface area contributed by atoms with Crippen molar-refractivity contribution in [2.75, 3.05) is 7.11 Å². The molecule has 2 heterocycles. The summed E-state index contributed by atoms with van der Waals surface area (Å²) < 4.78 is 6.93. The molecule has 0 aliphatic rings. The Hall–Kier alpha value is -2.73. The highest BCUT2D eigenvalue weighted by Gasteiger charge is 2.16. The molecule has 118 valence electrons. The standard InChI is InChI=1S/C17H18N4O2/c1-12(16-20-19-15-5-3-4-10-21(15)16)18-17(22)14-8-6-13(7-9-14)11-23-2/h3-10,12H,11H2,1-2H3,(H,18,22)/t12-/m0/s1. The molecule has 2 aromatic heterocycles. The first-order chi connectivity index (χ1) is 11.2. The second-order valence-electron chi connectivity index (χ2n) is 5.31. The van der Waals surface area contributed by atoms with Crippen molar-refractivity contribution in [3.63, 3.8) is 0 Å². The summed E-state index contributed by atoms with van der Waals surface area (Å²) in [7, 11) is 1.64. The number of nitrogens with one attached hydrogen (secondary N) is 1. The van der Waals surface area contributed by atoms with Crippen LogP contribution in [-0.4, -0.2) is 27.6 Å². The number of benzene rings is 1. The van der Waals surface area contributed by atoms with Crippen LogP contribution < -0.4 is 5.32 Å². The third-order valence-electron chi connectivity index (χ3n) is 3.60. The van der Waals surface area contributed by atoms with Gasteiger partial charge in [-0.05, 0) is 36.8 Å². The number of amides is 1. The Kier molecular flexibility index (Phi) is 4.34. The quantitative estimate of drug-likeness (QED) is 0.785. The Morgan fingerprint density at radius 1 is 1.22 bits per heavy atom. The summed E-state index contributed by atoms with van der Waals surface area (Å²) >= 11 is 0. The Morgan fingerprint density at radius 3 is 2.74 bits per heavy atom. The smallest absolute Gasteiger partial charge is 0.251 e. The van der Waals surface area contributed by atoms with Crippen molar-refractivity contribution in [3.05, 3.63) is 65.6 Å². The number of pyridine rings is 1. The van der Waals surface area contributed by atoms with Crippen LogP contribution >= 0.6 is 0 Å². The lowest BCUT2D eigenvalue weighted by atomic mass is 10.1. The SMILES string of the molecule is COCc1ccc(C(=O)N[C@@H](C)c2nnc3ccccn23)cc1. The summed E-state index contributed by atoms with van der Waals surface area (Å²) in [4.78, 5) is 12.4. The number of hydrogen-bond acceptors (Lipinski definition) is 4. The Morgan fingerprint density at radius 2 is 2.00 bits per heavy atom. The Bertz CT molecular complexity index is 811. The van der Waals surface area contributed by atoms with Gasteiger partial charge in [-0.25, -0.2) is 0 Å². The van der Waals surface area contributed by atoms with E-state index >= 15 is 0 Å². The molecule has 0 unspecified atom stereocenters. The number of hydrogen-bond donors (Lipinski definition) is 1. The molecule has 23 heavy (non-hydrogen) atoms. The van der Waals surface area contributed by atoms with Crippen LogP contribution in [-0.2, 0) is 11.3 Å². The lowest BCUT2D eigenvalue weighted by Crippen LogP contribution is -2.28. The summed E-state index contributed by atoms with van der Waals surface area (Å²) in [5.74, 6) is 0.555. The normalized spacial score (nSPS) is 12.3. The fourth-order valence-electron chi connectivity index (χ4n) is 2.42. The van der Waals surface area contributed by atoms with Gasteiger partial charge in [0.05, 0.1) is 12.6 Å². The monoisotopic (exact) mass is 310 g/mol. The van der Waals surface area contributed by atoms with E-state index in [2.05, 4.69) is 15.5 Å². The van der Waals surface area contributed by atoms with Gasteiger partial charge in [-0.15, -0.1) is 10.2 Å². The molecule has 6 nitrogen and oxygen atoms in total. The molecule has 1 N–H and O–H groups in total. The van der Waals surface area contributed by atoms with Crippen molar-refractivity contribution >= 4 is 11.6 Å². The molecule has 0 saturated heterocycles. The van der Waals surface area contributed by atoms with E-state index in [1.54, 1.807) is 19.2 Å². The van der Waals surface area contributed by atoms with Gasteiger partial charge >= 0.3 is 0 Å². The molecule has 0 radical (unpaired) electrons. The first kappa shape index (κ1) is 15.2. The van der Waals surface area contributed by atoms with Crippen molar-refractivity contribution in [3.8, 4) is 0 Å². The molecular weight excluding hydrogens is 292 g/mol. The number of aromatic nitrogens is 3. The van der Waals surface area contributed by atoms with E-state index < -0.39 is 0 Å². The average Bonchev–Trinajstić information content (AvgIpc) is 3.00. The first-order valence-corrected chi connectivity index (χ1v) is 7.37. The van der Waals surface area contributed by atoms with Crippen LogP contribution in [0.1, 0.15) is 34.7 Å². The highest BCUT2D eigenvalue weighted by Crippen LogP contribution is 2.13. The molecule has 1 aromatic carbocycles. The fraction of sp³-hybridized carbons (Fsp3) is 0.235. The first-order valence-electron chi connectivity index (χ1n) is 7.37. The van der Waals surface area contributed by atoms with E-state index in [-0.39, 0.29) is 11.9 Å². The van der Waals surface area contributed by atoms with Crippen molar-refractivity contribution < 1.29 is 9.53 Å². The molecule has 0 spiro atoms.